The largest absolute Gasteiger partial charge is 0.383 e. The zero-order valence-electron chi connectivity index (χ0n) is 10.0. The Morgan fingerprint density at radius 3 is 2.36 bits per heavy atom. The van der Waals surface area contributed by atoms with Crippen molar-refractivity contribution in [2.24, 2.45) is 11.8 Å². The van der Waals surface area contributed by atoms with Gasteiger partial charge < -0.3 is 10.1 Å². The summed E-state index contributed by atoms with van der Waals surface area (Å²) in [5.41, 5.74) is 0. The molecule has 2 atom stereocenters. The molecule has 0 aromatic carbocycles. The van der Waals surface area contributed by atoms with Crippen LogP contribution in [0.3, 0.4) is 0 Å². The lowest BCUT2D eigenvalue weighted by Crippen LogP contribution is -2.43. The topological polar surface area (TPSA) is 21.3 Å². The molecule has 1 aliphatic rings. The highest BCUT2D eigenvalue weighted by molar-refractivity contribution is 4.81. The second-order valence-electron chi connectivity index (χ2n) is 5.05. The Morgan fingerprint density at radius 2 is 1.93 bits per heavy atom. The molecule has 0 aromatic rings. The first kappa shape index (κ1) is 12.0. The van der Waals surface area contributed by atoms with E-state index in [1.807, 2.05) is 0 Å². The van der Waals surface area contributed by atoms with Gasteiger partial charge in [-0.15, -0.1) is 0 Å². The van der Waals surface area contributed by atoms with Gasteiger partial charge in [-0.1, -0.05) is 26.7 Å². The molecule has 2 unspecified atom stereocenters. The Morgan fingerprint density at radius 1 is 1.29 bits per heavy atom. The van der Waals surface area contributed by atoms with Crippen LogP contribution in [-0.2, 0) is 4.74 Å². The molecule has 1 fully saturated rings. The first-order valence-corrected chi connectivity index (χ1v) is 5.88. The predicted octanol–water partition coefficient (Wildman–Crippen LogP) is 2.44. The highest BCUT2D eigenvalue weighted by Crippen LogP contribution is 2.33. The molecule has 14 heavy (non-hydrogen) atoms. The van der Waals surface area contributed by atoms with Gasteiger partial charge in [0.25, 0.3) is 0 Å². The minimum Gasteiger partial charge on any atom is -0.383 e. The monoisotopic (exact) mass is 199 g/mol. The molecular weight excluding hydrogens is 174 g/mol. The SMILES string of the molecule is COCC(NC(C)CC1CC1)C(C)C. The summed E-state index contributed by atoms with van der Waals surface area (Å²) < 4.78 is 5.22. The summed E-state index contributed by atoms with van der Waals surface area (Å²) in [5.74, 6) is 1.66. The fraction of sp³-hybridized carbons (Fsp3) is 1.00. The summed E-state index contributed by atoms with van der Waals surface area (Å²) >= 11 is 0. The maximum Gasteiger partial charge on any atom is 0.0618 e. The van der Waals surface area contributed by atoms with Crippen molar-refractivity contribution in [3.63, 3.8) is 0 Å². The number of hydrogen-bond acceptors (Lipinski definition) is 2. The van der Waals surface area contributed by atoms with E-state index in [4.69, 9.17) is 4.74 Å². The van der Waals surface area contributed by atoms with Gasteiger partial charge in [0.2, 0.25) is 0 Å². The van der Waals surface area contributed by atoms with E-state index in [0.717, 1.165) is 12.5 Å². The molecule has 0 radical (unpaired) electrons. The van der Waals surface area contributed by atoms with Gasteiger partial charge >= 0.3 is 0 Å². The van der Waals surface area contributed by atoms with Gasteiger partial charge in [0, 0.05) is 19.2 Å². The van der Waals surface area contributed by atoms with Gasteiger partial charge in [-0.2, -0.15) is 0 Å². The second kappa shape index (κ2) is 5.72. The lowest BCUT2D eigenvalue weighted by atomic mass is 10.0. The third kappa shape index (κ3) is 4.43. The number of nitrogens with one attached hydrogen (secondary N) is 1. The molecule has 0 amide bonds. The van der Waals surface area contributed by atoms with E-state index in [2.05, 4.69) is 26.1 Å². The third-order valence-corrected chi connectivity index (χ3v) is 3.03. The van der Waals surface area contributed by atoms with Crippen molar-refractivity contribution in [2.75, 3.05) is 13.7 Å². The lowest BCUT2D eigenvalue weighted by molar-refractivity contribution is 0.140. The van der Waals surface area contributed by atoms with E-state index < -0.39 is 0 Å². The van der Waals surface area contributed by atoms with Crippen LogP contribution in [0.25, 0.3) is 0 Å². The van der Waals surface area contributed by atoms with E-state index in [0.29, 0.717) is 18.0 Å². The highest BCUT2D eigenvalue weighted by Gasteiger charge is 2.25. The van der Waals surface area contributed by atoms with Gasteiger partial charge in [-0.05, 0) is 25.2 Å². The van der Waals surface area contributed by atoms with Crippen LogP contribution in [-0.4, -0.2) is 25.8 Å². The Kier molecular flexibility index (Phi) is 4.90. The van der Waals surface area contributed by atoms with Gasteiger partial charge in [0.15, 0.2) is 0 Å². The molecule has 2 heteroatoms. The summed E-state index contributed by atoms with van der Waals surface area (Å²) in [6.45, 7) is 7.62. The van der Waals surface area contributed by atoms with Crippen LogP contribution >= 0.6 is 0 Å². The van der Waals surface area contributed by atoms with Crippen molar-refractivity contribution in [3.05, 3.63) is 0 Å². The molecule has 1 aliphatic carbocycles. The van der Waals surface area contributed by atoms with Crippen LogP contribution in [0.4, 0.5) is 0 Å². The van der Waals surface area contributed by atoms with E-state index in [1.165, 1.54) is 19.3 Å². The molecule has 0 bridgehead atoms. The molecule has 1 N–H and O–H groups in total. The molecule has 0 aliphatic heterocycles. The third-order valence-electron chi connectivity index (χ3n) is 3.03. The van der Waals surface area contributed by atoms with Gasteiger partial charge in [0.1, 0.15) is 0 Å². The first-order valence-electron chi connectivity index (χ1n) is 5.88. The van der Waals surface area contributed by atoms with Gasteiger partial charge in [0.05, 0.1) is 6.61 Å². The number of hydrogen-bond donors (Lipinski definition) is 1. The Hall–Kier alpha value is -0.0800. The van der Waals surface area contributed by atoms with E-state index in [9.17, 15) is 0 Å². The van der Waals surface area contributed by atoms with Crippen molar-refractivity contribution in [1.29, 1.82) is 0 Å². The van der Waals surface area contributed by atoms with Crippen molar-refractivity contribution >= 4 is 0 Å². The van der Waals surface area contributed by atoms with Crippen LogP contribution in [0.1, 0.15) is 40.0 Å². The van der Waals surface area contributed by atoms with Crippen LogP contribution in [0.15, 0.2) is 0 Å². The molecule has 0 heterocycles. The van der Waals surface area contributed by atoms with Crippen molar-refractivity contribution in [2.45, 2.75) is 52.1 Å². The molecule has 1 rings (SSSR count). The minimum atomic E-state index is 0.508. The summed E-state index contributed by atoms with van der Waals surface area (Å²) in [6, 6.07) is 1.15. The maximum absolute atomic E-state index is 5.22. The van der Waals surface area contributed by atoms with E-state index >= 15 is 0 Å². The molecule has 0 aromatic heterocycles. The normalized spacial score (nSPS) is 21.2. The minimum absolute atomic E-state index is 0.508. The van der Waals surface area contributed by atoms with Gasteiger partial charge in [-0.3, -0.25) is 0 Å². The second-order valence-corrected chi connectivity index (χ2v) is 5.05. The molecule has 0 saturated heterocycles. The molecule has 1 saturated carbocycles. The molecular formula is C12H25NO. The van der Waals surface area contributed by atoms with Crippen molar-refractivity contribution in [3.8, 4) is 0 Å². The quantitative estimate of drug-likeness (QED) is 0.680. The Labute approximate surface area is 88.4 Å². The van der Waals surface area contributed by atoms with E-state index in [-0.39, 0.29) is 0 Å². The van der Waals surface area contributed by atoms with Crippen LogP contribution in [0.5, 0.6) is 0 Å². The van der Waals surface area contributed by atoms with Crippen LogP contribution in [0, 0.1) is 11.8 Å². The fourth-order valence-electron chi connectivity index (χ4n) is 1.90. The summed E-state index contributed by atoms with van der Waals surface area (Å²) in [5, 5.41) is 3.66. The van der Waals surface area contributed by atoms with E-state index in [1.54, 1.807) is 7.11 Å². The Bertz CT molecular complexity index is 154. The molecule has 2 nitrogen and oxygen atoms in total. The average molecular weight is 199 g/mol. The zero-order chi connectivity index (χ0) is 10.6. The number of rotatable bonds is 7. The fourth-order valence-corrected chi connectivity index (χ4v) is 1.90. The maximum atomic E-state index is 5.22. The molecule has 84 valence electrons. The van der Waals surface area contributed by atoms with Crippen molar-refractivity contribution < 1.29 is 4.74 Å². The first-order chi connectivity index (χ1) is 6.63. The standard InChI is InChI=1S/C12H25NO/c1-9(2)12(8-14-4)13-10(3)7-11-5-6-11/h9-13H,5-8H2,1-4H3. The summed E-state index contributed by atoms with van der Waals surface area (Å²) in [6.07, 6.45) is 4.23. The molecule has 0 spiro atoms. The number of ether oxygens (including phenoxy) is 1. The highest BCUT2D eigenvalue weighted by atomic mass is 16.5. The average Bonchev–Trinajstić information content (AvgIpc) is 2.87. The smallest absolute Gasteiger partial charge is 0.0618 e. The lowest BCUT2D eigenvalue weighted by Gasteiger charge is -2.25. The van der Waals surface area contributed by atoms with Crippen molar-refractivity contribution in [1.82, 2.24) is 5.32 Å². The number of methoxy groups -OCH3 is 1. The van der Waals surface area contributed by atoms with Crippen LogP contribution in [0.2, 0.25) is 0 Å². The predicted molar refractivity (Wildman–Crippen MR) is 60.4 cm³/mol. The Balaban J connectivity index is 2.21. The summed E-state index contributed by atoms with van der Waals surface area (Å²) in [4.78, 5) is 0. The van der Waals surface area contributed by atoms with Gasteiger partial charge in [-0.25, -0.2) is 0 Å². The van der Waals surface area contributed by atoms with Crippen LogP contribution < -0.4 is 5.32 Å². The summed E-state index contributed by atoms with van der Waals surface area (Å²) in [7, 11) is 1.78. The zero-order valence-corrected chi connectivity index (χ0v) is 10.0.